The molecule has 4 atom stereocenters. The molecule has 4 bridgehead atoms. The first-order chi connectivity index (χ1) is 8.27. The van der Waals surface area contributed by atoms with Crippen molar-refractivity contribution in [2.75, 3.05) is 6.54 Å². The van der Waals surface area contributed by atoms with E-state index in [1.807, 2.05) is 0 Å². The second kappa shape index (κ2) is 3.81. The van der Waals surface area contributed by atoms with Crippen LogP contribution in [0.15, 0.2) is 11.1 Å². The molecule has 17 heavy (non-hydrogen) atoms. The zero-order valence-electron chi connectivity index (χ0n) is 11.2. The zero-order valence-corrected chi connectivity index (χ0v) is 12.0. The molecule has 94 valence electrons. The van der Waals surface area contributed by atoms with Gasteiger partial charge in [-0.15, -0.1) is 0 Å². The monoisotopic (exact) mass is 249 g/mol. The van der Waals surface area contributed by atoms with Crippen LogP contribution in [0.1, 0.15) is 52.4 Å². The molecular formula is C15H24NP. The van der Waals surface area contributed by atoms with Crippen LogP contribution in [-0.2, 0) is 0 Å². The standard InChI is InChI=1S/C15H24NP/c1-10-11(2)15-12-8-14(10)17(15)16(9-12)13-6-4-3-5-7-13/h12-15H,3-9H2,1-2H3. The first-order valence-electron chi connectivity index (χ1n) is 7.49. The molecule has 1 nitrogen and oxygen atoms in total. The predicted octanol–water partition coefficient (Wildman–Crippen LogP) is 4.14. The highest BCUT2D eigenvalue weighted by atomic mass is 31.1. The molecule has 0 amide bonds. The number of nitrogens with zero attached hydrogens (tertiary/aromatic N) is 1. The van der Waals surface area contributed by atoms with Gasteiger partial charge in [0.05, 0.1) is 0 Å². The van der Waals surface area contributed by atoms with E-state index in [2.05, 4.69) is 18.5 Å². The van der Waals surface area contributed by atoms with Crippen LogP contribution in [0.3, 0.4) is 0 Å². The molecule has 4 aliphatic rings. The summed E-state index contributed by atoms with van der Waals surface area (Å²) in [6.45, 7) is 6.32. The minimum absolute atomic E-state index is 0.214. The molecule has 2 saturated heterocycles. The van der Waals surface area contributed by atoms with Crippen LogP contribution in [-0.4, -0.2) is 28.6 Å². The Morgan fingerprint density at radius 3 is 2.53 bits per heavy atom. The summed E-state index contributed by atoms with van der Waals surface area (Å²) >= 11 is 0. The number of rotatable bonds is 1. The molecule has 0 N–H and O–H groups in total. The fraction of sp³-hybridized carbons (Fsp3) is 0.867. The minimum atomic E-state index is 0.214. The second-order valence-electron chi connectivity index (χ2n) is 6.62. The van der Waals surface area contributed by atoms with E-state index in [1.165, 1.54) is 38.6 Å². The maximum absolute atomic E-state index is 3.01. The quantitative estimate of drug-likeness (QED) is 0.498. The lowest BCUT2D eigenvalue weighted by Gasteiger charge is -2.40. The SMILES string of the molecule is CC1=C(C)C2C3CC1P2N(C1CCCCC1)C3. The summed E-state index contributed by atoms with van der Waals surface area (Å²) in [5.41, 5.74) is 5.63. The average molecular weight is 249 g/mol. The Labute approximate surface area is 106 Å². The molecule has 0 aromatic carbocycles. The summed E-state index contributed by atoms with van der Waals surface area (Å²) in [5, 5.41) is 0. The van der Waals surface area contributed by atoms with Gasteiger partial charge in [-0.1, -0.05) is 30.4 Å². The van der Waals surface area contributed by atoms with Gasteiger partial charge in [0.1, 0.15) is 0 Å². The summed E-state index contributed by atoms with van der Waals surface area (Å²) in [6, 6.07) is 0.976. The predicted molar refractivity (Wildman–Crippen MR) is 74.6 cm³/mol. The van der Waals surface area contributed by atoms with Gasteiger partial charge in [0, 0.05) is 23.9 Å². The van der Waals surface area contributed by atoms with Crippen LogP contribution in [0.4, 0.5) is 0 Å². The van der Waals surface area contributed by atoms with Crippen molar-refractivity contribution in [2.45, 2.75) is 69.7 Å². The highest BCUT2D eigenvalue weighted by Gasteiger charge is 2.58. The molecule has 4 unspecified atom stereocenters. The van der Waals surface area contributed by atoms with Gasteiger partial charge in [0.15, 0.2) is 0 Å². The largest absolute Gasteiger partial charge is 0.278 e. The molecule has 0 radical (unpaired) electrons. The van der Waals surface area contributed by atoms with Gasteiger partial charge in [-0.3, -0.25) is 4.67 Å². The van der Waals surface area contributed by atoms with Crippen molar-refractivity contribution >= 4 is 8.07 Å². The summed E-state index contributed by atoms with van der Waals surface area (Å²) in [5.74, 6) is 1.05. The molecule has 3 fully saturated rings. The third kappa shape index (κ3) is 1.39. The van der Waals surface area contributed by atoms with Crippen LogP contribution in [0.25, 0.3) is 0 Å². The fourth-order valence-corrected chi connectivity index (χ4v) is 9.33. The van der Waals surface area contributed by atoms with Crippen molar-refractivity contribution in [1.82, 2.24) is 4.67 Å². The van der Waals surface area contributed by atoms with E-state index in [9.17, 15) is 0 Å². The van der Waals surface area contributed by atoms with Crippen LogP contribution in [0, 0.1) is 5.92 Å². The smallest absolute Gasteiger partial charge is 0.0180 e. The highest BCUT2D eigenvalue weighted by molar-refractivity contribution is 7.58. The number of allylic oxidation sites excluding steroid dienone is 2. The molecule has 1 aliphatic carbocycles. The summed E-state index contributed by atoms with van der Waals surface area (Å²) in [7, 11) is 0.214. The second-order valence-corrected chi connectivity index (χ2v) is 9.07. The Hall–Kier alpha value is 0.130. The van der Waals surface area contributed by atoms with Crippen molar-refractivity contribution in [3.05, 3.63) is 11.1 Å². The molecule has 0 aromatic rings. The third-order valence-electron chi connectivity index (χ3n) is 5.86. The Balaban J connectivity index is 1.59. The van der Waals surface area contributed by atoms with Crippen LogP contribution < -0.4 is 0 Å². The molecule has 3 heterocycles. The normalized spacial score (nSPS) is 46.2. The van der Waals surface area contributed by atoms with Crippen molar-refractivity contribution in [2.24, 2.45) is 5.92 Å². The lowest BCUT2D eigenvalue weighted by Crippen LogP contribution is -2.36. The van der Waals surface area contributed by atoms with E-state index < -0.39 is 0 Å². The van der Waals surface area contributed by atoms with Gasteiger partial charge in [-0.25, -0.2) is 0 Å². The van der Waals surface area contributed by atoms with Crippen molar-refractivity contribution in [3.8, 4) is 0 Å². The first kappa shape index (κ1) is 11.0. The number of hydrogen-bond acceptors (Lipinski definition) is 1. The molecular weight excluding hydrogens is 225 g/mol. The first-order valence-corrected chi connectivity index (χ1v) is 8.93. The van der Waals surface area contributed by atoms with Gasteiger partial charge in [-0.05, 0) is 47.1 Å². The van der Waals surface area contributed by atoms with E-state index in [0.717, 1.165) is 23.3 Å². The van der Waals surface area contributed by atoms with E-state index >= 15 is 0 Å². The molecule has 0 aromatic heterocycles. The van der Waals surface area contributed by atoms with Gasteiger partial charge < -0.3 is 0 Å². The van der Waals surface area contributed by atoms with Gasteiger partial charge in [0.2, 0.25) is 0 Å². The summed E-state index contributed by atoms with van der Waals surface area (Å²) in [6.07, 6.45) is 9.04. The zero-order chi connectivity index (χ0) is 11.6. The maximum atomic E-state index is 3.01. The molecule has 4 rings (SSSR count). The fourth-order valence-electron chi connectivity index (χ4n) is 4.92. The minimum Gasteiger partial charge on any atom is -0.278 e. The number of hydrogen-bond donors (Lipinski definition) is 0. The van der Waals surface area contributed by atoms with Crippen LogP contribution in [0.2, 0.25) is 0 Å². The Morgan fingerprint density at radius 2 is 1.82 bits per heavy atom. The Kier molecular flexibility index (Phi) is 2.47. The van der Waals surface area contributed by atoms with E-state index in [0.29, 0.717) is 0 Å². The Morgan fingerprint density at radius 1 is 1.06 bits per heavy atom. The van der Waals surface area contributed by atoms with Crippen molar-refractivity contribution < 1.29 is 0 Å². The summed E-state index contributed by atoms with van der Waals surface area (Å²) in [4.78, 5) is 0. The molecule has 1 saturated carbocycles. The molecule has 3 aliphatic heterocycles. The third-order valence-corrected chi connectivity index (χ3v) is 9.56. The van der Waals surface area contributed by atoms with Gasteiger partial charge >= 0.3 is 0 Å². The average Bonchev–Trinajstić information content (AvgIpc) is 2.98. The van der Waals surface area contributed by atoms with Gasteiger partial charge in [0.25, 0.3) is 0 Å². The highest BCUT2D eigenvalue weighted by Crippen LogP contribution is 2.74. The lowest BCUT2D eigenvalue weighted by molar-refractivity contribution is 0.242. The topological polar surface area (TPSA) is 3.24 Å². The Bertz CT molecular complexity index is 369. The van der Waals surface area contributed by atoms with Crippen LogP contribution >= 0.6 is 8.07 Å². The maximum Gasteiger partial charge on any atom is 0.0180 e. The summed E-state index contributed by atoms with van der Waals surface area (Å²) < 4.78 is 3.01. The molecule has 2 heteroatoms. The van der Waals surface area contributed by atoms with E-state index in [1.54, 1.807) is 17.6 Å². The van der Waals surface area contributed by atoms with E-state index in [-0.39, 0.29) is 8.07 Å². The van der Waals surface area contributed by atoms with Crippen molar-refractivity contribution in [1.29, 1.82) is 0 Å². The lowest BCUT2D eigenvalue weighted by atomic mass is 9.84. The van der Waals surface area contributed by atoms with Crippen molar-refractivity contribution in [3.63, 3.8) is 0 Å². The molecule has 0 spiro atoms. The van der Waals surface area contributed by atoms with E-state index in [4.69, 9.17) is 0 Å². The van der Waals surface area contributed by atoms with Crippen LogP contribution in [0.5, 0.6) is 0 Å². The van der Waals surface area contributed by atoms with Gasteiger partial charge in [-0.2, -0.15) is 0 Å².